The van der Waals surface area contributed by atoms with Gasteiger partial charge >= 0.3 is 0 Å². The highest BCUT2D eigenvalue weighted by atomic mass is 35.5. The van der Waals surface area contributed by atoms with Crippen LogP contribution in [0.2, 0.25) is 5.22 Å². The Morgan fingerprint density at radius 1 is 1.53 bits per heavy atom. The van der Waals surface area contributed by atoms with Crippen molar-refractivity contribution < 1.29 is 13.7 Å². The maximum atomic E-state index is 5.96. The van der Waals surface area contributed by atoms with Crippen molar-refractivity contribution in [3.63, 3.8) is 0 Å². The van der Waals surface area contributed by atoms with Crippen molar-refractivity contribution in [3.8, 4) is 11.5 Å². The number of hydrogen-bond donors (Lipinski definition) is 1. The van der Waals surface area contributed by atoms with Crippen LogP contribution >= 0.6 is 11.6 Å². The van der Waals surface area contributed by atoms with Crippen molar-refractivity contribution in [1.29, 1.82) is 0 Å². The van der Waals surface area contributed by atoms with Gasteiger partial charge < -0.3 is 19.4 Å². The second kappa shape index (κ2) is 5.32. The summed E-state index contributed by atoms with van der Waals surface area (Å²) in [6.45, 7) is 0.392. The van der Waals surface area contributed by atoms with Crippen LogP contribution in [0.5, 0.6) is 0 Å². The molecule has 1 saturated carbocycles. The summed E-state index contributed by atoms with van der Waals surface area (Å²) in [5, 5.41) is 4.06. The molecule has 1 unspecified atom stereocenters. The quantitative estimate of drug-likeness (QED) is 0.907. The number of aromatic nitrogens is 2. The Bertz CT molecular complexity index is 550. The van der Waals surface area contributed by atoms with Gasteiger partial charge in [0, 0.05) is 0 Å². The van der Waals surface area contributed by atoms with Gasteiger partial charge in [0.1, 0.15) is 0 Å². The number of hydrogen-bond acceptors (Lipinski definition) is 6. The van der Waals surface area contributed by atoms with E-state index in [9.17, 15) is 0 Å². The molecule has 3 rings (SSSR count). The SMILES string of the molecule is NC(COC1CCC1)c1noc(-c2ccoc2Cl)n1. The van der Waals surface area contributed by atoms with Crippen LogP contribution in [0.4, 0.5) is 0 Å². The summed E-state index contributed by atoms with van der Waals surface area (Å²) < 4.78 is 15.7. The maximum absolute atomic E-state index is 5.96. The zero-order valence-electron chi connectivity index (χ0n) is 10.2. The van der Waals surface area contributed by atoms with Gasteiger partial charge in [0.05, 0.1) is 30.6 Å². The maximum Gasteiger partial charge on any atom is 0.262 e. The molecule has 0 saturated heterocycles. The molecule has 2 heterocycles. The van der Waals surface area contributed by atoms with Crippen LogP contribution in [-0.2, 0) is 4.74 Å². The molecule has 1 fully saturated rings. The predicted octanol–water partition coefficient (Wildman–Crippen LogP) is 2.55. The zero-order valence-corrected chi connectivity index (χ0v) is 11.0. The van der Waals surface area contributed by atoms with Crippen LogP contribution in [-0.4, -0.2) is 22.9 Å². The van der Waals surface area contributed by atoms with E-state index in [-0.39, 0.29) is 5.22 Å². The van der Waals surface area contributed by atoms with Crippen LogP contribution in [0.15, 0.2) is 21.3 Å². The van der Waals surface area contributed by atoms with Gasteiger partial charge in [0.15, 0.2) is 5.82 Å². The topological polar surface area (TPSA) is 87.3 Å². The second-order valence-corrected chi connectivity index (χ2v) is 4.90. The Balaban J connectivity index is 1.65. The third-order valence-corrected chi connectivity index (χ3v) is 3.48. The van der Waals surface area contributed by atoms with Crippen molar-refractivity contribution in [2.75, 3.05) is 6.61 Å². The standard InChI is InChI=1S/C12H14ClN3O3/c13-10-8(4-5-17-10)12-15-11(16-19-12)9(14)6-18-7-2-1-3-7/h4-5,7,9H,1-3,6,14H2. The number of furan rings is 1. The Kier molecular flexibility index (Phi) is 3.54. The van der Waals surface area contributed by atoms with E-state index in [0.29, 0.717) is 30.0 Å². The van der Waals surface area contributed by atoms with Crippen LogP contribution in [0.1, 0.15) is 31.1 Å². The van der Waals surface area contributed by atoms with Gasteiger partial charge in [0.2, 0.25) is 5.22 Å². The van der Waals surface area contributed by atoms with Crippen LogP contribution in [0.25, 0.3) is 11.5 Å². The minimum Gasteiger partial charge on any atom is -0.452 e. The van der Waals surface area contributed by atoms with E-state index in [4.69, 9.17) is 31.0 Å². The molecule has 1 atom stereocenters. The van der Waals surface area contributed by atoms with Gasteiger partial charge in [0.25, 0.3) is 5.89 Å². The largest absolute Gasteiger partial charge is 0.452 e. The average Bonchev–Trinajstić information content (AvgIpc) is 2.94. The van der Waals surface area contributed by atoms with Gasteiger partial charge in [-0.2, -0.15) is 4.98 Å². The summed E-state index contributed by atoms with van der Waals surface area (Å²) in [6.07, 6.45) is 5.23. The summed E-state index contributed by atoms with van der Waals surface area (Å²) in [5.74, 6) is 0.708. The molecule has 7 heteroatoms. The van der Waals surface area contributed by atoms with Crippen molar-refractivity contribution in [2.24, 2.45) is 5.73 Å². The number of halogens is 1. The monoisotopic (exact) mass is 283 g/mol. The molecule has 0 amide bonds. The number of ether oxygens (including phenoxy) is 1. The molecule has 0 aliphatic heterocycles. The van der Waals surface area contributed by atoms with Gasteiger partial charge in [-0.1, -0.05) is 5.16 Å². The highest BCUT2D eigenvalue weighted by molar-refractivity contribution is 6.31. The predicted molar refractivity (Wildman–Crippen MR) is 67.5 cm³/mol. The smallest absolute Gasteiger partial charge is 0.262 e. The zero-order chi connectivity index (χ0) is 13.2. The van der Waals surface area contributed by atoms with E-state index in [0.717, 1.165) is 12.8 Å². The number of rotatable bonds is 5. The summed E-state index contributed by atoms with van der Waals surface area (Å²) >= 11 is 5.84. The Morgan fingerprint density at radius 2 is 2.37 bits per heavy atom. The molecule has 1 aliphatic rings. The first-order valence-corrected chi connectivity index (χ1v) is 6.56. The first-order valence-electron chi connectivity index (χ1n) is 6.18. The lowest BCUT2D eigenvalue weighted by Crippen LogP contribution is -2.27. The van der Waals surface area contributed by atoms with Crippen molar-refractivity contribution in [2.45, 2.75) is 31.4 Å². The molecule has 0 spiro atoms. The summed E-state index contributed by atoms with van der Waals surface area (Å²) in [4.78, 5) is 4.21. The fourth-order valence-electron chi connectivity index (χ4n) is 1.79. The molecular weight excluding hydrogens is 270 g/mol. The molecular formula is C12H14ClN3O3. The van der Waals surface area contributed by atoms with E-state index in [1.165, 1.54) is 12.7 Å². The summed E-state index contributed by atoms with van der Waals surface area (Å²) in [5.41, 5.74) is 6.52. The van der Waals surface area contributed by atoms with Crippen molar-refractivity contribution in [3.05, 3.63) is 23.4 Å². The molecule has 0 radical (unpaired) electrons. The second-order valence-electron chi connectivity index (χ2n) is 4.56. The minimum atomic E-state index is -0.399. The highest BCUT2D eigenvalue weighted by Crippen LogP contribution is 2.28. The van der Waals surface area contributed by atoms with Gasteiger partial charge in [-0.05, 0) is 36.9 Å². The lowest BCUT2D eigenvalue weighted by molar-refractivity contribution is -0.00549. The molecule has 2 aromatic heterocycles. The minimum absolute atomic E-state index is 0.217. The fourth-order valence-corrected chi connectivity index (χ4v) is 1.99. The third kappa shape index (κ3) is 2.65. The molecule has 0 bridgehead atoms. The van der Waals surface area contributed by atoms with E-state index in [1.807, 2.05) is 0 Å². The van der Waals surface area contributed by atoms with E-state index >= 15 is 0 Å². The van der Waals surface area contributed by atoms with E-state index < -0.39 is 6.04 Å². The molecule has 102 valence electrons. The Morgan fingerprint density at radius 3 is 3.00 bits per heavy atom. The first kappa shape index (κ1) is 12.7. The van der Waals surface area contributed by atoms with Crippen LogP contribution in [0.3, 0.4) is 0 Å². The normalized spacial score (nSPS) is 17.4. The Hall–Kier alpha value is -1.37. The van der Waals surface area contributed by atoms with Crippen molar-refractivity contribution >= 4 is 11.6 Å². The number of nitrogens with two attached hydrogens (primary N) is 1. The fraction of sp³-hybridized carbons (Fsp3) is 0.500. The van der Waals surface area contributed by atoms with Gasteiger partial charge in [-0.3, -0.25) is 0 Å². The molecule has 2 N–H and O–H groups in total. The lowest BCUT2D eigenvalue weighted by Gasteiger charge is -2.26. The highest BCUT2D eigenvalue weighted by Gasteiger charge is 2.22. The number of nitrogens with zero attached hydrogens (tertiary/aromatic N) is 2. The summed E-state index contributed by atoms with van der Waals surface area (Å²) in [6, 6.07) is 1.26. The van der Waals surface area contributed by atoms with Crippen LogP contribution in [0, 0.1) is 0 Å². The molecule has 6 nitrogen and oxygen atoms in total. The third-order valence-electron chi connectivity index (χ3n) is 3.19. The van der Waals surface area contributed by atoms with Crippen molar-refractivity contribution in [1.82, 2.24) is 10.1 Å². The average molecular weight is 284 g/mol. The van der Waals surface area contributed by atoms with E-state index in [2.05, 4.69) is 10.1 Å². The van der Waals surface area contributed by atoms with Gasteiger partial charge in [-0.15, -0.1) is 0 Å². The van der Waals surface area contributed by atoms with E-state index in [1.54, 1.807) is 6.07 Å². The molecule has 1 aliphatic carbocycles. The summed E-state index contributed by atoms with van der Waals surface area (Å²) in [7, 11) is 0. The van der Waals surface area contributed by atoms with Gasteiger partial charge in [-0.25, -0.2) is 0 Å². The first-order chi connectivity index (χ1) is 9.24. The van der Waals surface area contributed by atoms with Crippen LogP contribution < -0.4 is 5.73 Å². The molecule has 0 aromatic carbocycles. The Labute approximate surface area is 114 Å². The molecule has 19 heavy (non-hydrogen) atoms. The lowest BCUT2D eigenvalue weighted by atomic mass is 9.96. The molecule has 2 aromatic rings.